The van der Waals surface area contributed by atoms with E-state index in [0.717, 1.165) is 54.1 Å². The largest absolute Gasteiger partial charge is 0.493 e. The molecule has 0 N–H and O–H groups in total. The third-order valence-corrected chi connectivity index (χ3v) is 10.2. The van der Waals surface area contributed by atoms with Gasteiger partial charge in [-0.3, -0.25) is 9.69 Å². The molecule has 7 nitrogen and oxygen atoms in total. The van der Waals surface area contributed by atoms with Crippen molar-refractivity contribution < 1.29 is 19.0 Å². The average molecular weight is 751 g/mol. The normalized spacial score (nSPS) is 13.7. The maximum absolute atomic E-state index is 13.6. The van der Waals surface area contributed by atoms with E-state index in [1.807, 2.05) is 74.2 Å². The van der Waals surface area contributed by atoms with Gasteiger partial charge in [0.05, 0.1) is 17.8 Å². The van der Waals surface area contributed by atoms with Gasteiger partial charge in [0.25, 0.3) is 0 Å². The van der Waals surface area contributed by atoms with Gasteiger partial charge in [0.2, 0.25) is 11.8 Å². The van der Waals surface area contributed by atoms with Gasteiger partial charge in [-0.15, -0.1) is 0 Å². The summed E-state index contributed by atoms with van der Waals surface area (Å²) in [6.45, 7) is 12.7. The Morgan fingerprint density at radius 1 is 0.774 bits per heavy atom. The van der Waals surface area contributed by atoms with Gasteiger partial charge in [-0.05, 0) is 91.9 Å². The van der Waals surface area contributed by atoms with Gasteiger partial charge in [0, 0.05) is 61.4 Å². The van der Waals surface area contributed by atoms with Crippen LogP contribution in [0, 0.1) is 13.8 Å². The van der Waals surface area contributed by atoms with Gasteiger partial charge >= 0.3 is 0 Å². The fraction of sp³-hybridized carbons (Fsp3) is 0.273. The van der Waals surface area contributed by atoms with E-state index < -0.39 is 0 Å². The van der Waals surface area contributed by atoms with Gasteiger partial charge in [-0.25, -0.2) is 4.98 Å². The molecule has 274 valence electrons. The SMILES string of the molecule is C/C(C(=O)N1CCN(Cc2ccc(CCOc3ccc(C)cc3)cc2)CC1)=C(/C)c1cc(C)c(Oc2ccc(OCc3ccccc3Cl)cn2)c(Cl)c1. The van der Waals surface area contributed by atoms with Crippen LogP contribution in [0.1, 0.15) is 47.2 Å². The molecule has 1 amide bonds. The van der Waals surface area contributed by atoms with E-state index in [-0.39, 0.29) is 5.91 Å². The number of aryl methyl sites for hydroxylation is 2. The number of nitrogens with zero attached hydrogens (tertiary/aromatic N) is 3. The molecular formula is C44H45Cl2N3O4. The van der Waals surface area contributed by atoms with Crippen LogP contribution in [0.3, 0.4) is 0 Å². The van der Waals surface area contributed by atoms with Crippen molar-refractivity contribution in [2.24, 2.45) is 0 Å². The summed E-state index contributed by atoms with van der Waals surface area (Å²) in [7, 11) is 0. The number of halogens is 2. The Hall–Kier alpha value is -4.82. The number of carbonyl (C=O) groups is 1. The number of allylic oxidation sites excluding steroid dienone is 1. The molecule has 0 unspecified atom stereocenters. The maximum Gasteiger partial charge on any atom is 0.249 e. The topological polar surface area (TPSA) is 64.1 Å². The first kappa shape index (κ1) is 37.9. The van der Waals surface area contributed by atoms with E-state index in [1.54, 1.807) is 18.3 Å². The molecule has 1 aliphatic heterocycles. The van der Waals surface area contributed by atoms with Crippen LogP contribution in [0.25, 0.3) is 5.57 Å². The van der Waals surface area contributed by atoms with Crippen molar-refractivity contribution in [3.8, 4) is 23.1 Å². The van der Waals surface area contributed by atoms with Crippen LogP contribution in [0.15, 0.2) is 109 Å². The number of piperazine rings is 1. The Morgan fingerprint density at radius 3 is 2.15 bits per heavy atom. The van der Waals surface area contributed by atoms with E-state index in [2.05, 4.69) is 53.2 Å². The van der Waals surface area contributed by atoms with Crippen LogP contribution in [-0.4, -0.2) is 53.5 Å². The van der Waals surface area contributed by atoms with E-state index in [9.17, 15) is 4.79 Å². The molecule has 6 rings (SSSR count). The van der Waals surface area contributed by atoms with Crippen LogP contribution in [0.5, 0.6) is 23.1 Å². The molecule has 53 heavy (non-hydrogen) atoms. The Labute approximate surface area is 322 Å². The summed E-state index contributed by atoms with van der Waals surface area (Å²) in [6.07, 6.45) is 2.47. The number of carbonyl (C=O) groups excluding carboxylic acids is 1. The van der Waals surface area contributed by atoms with Crippen LogP contribution >= 0.6 is 23.2 Å². The molecule has 4 aromatic carbocycles. The highest BCUT2D eigenvalue weighted by Gasteiger charge is 2.24. The third kappa shape index (κ3) is 10.2. The van der Waals surface area contributed by atoms with E-state index in [1.165, 1.54) is 16.7 Å². The number of benzene rings is 4. The smallest absolute Gasteiger partial charge is 0.249 e. The highest BCUT2D eigenvalue weighted by Crippen LogP contribution is 2.36. The first-order valence-electron chi connectivity index (χ1n) is 17.9. The summed E-state index contributed by atoms with van der Waals surface area (Å²) in [5, 5.41) is 1.10. The highest BCUT2D eigenvalue weighted by molar-refractivity contribution is 6.32. The zero-order valence-electron chi connectivity index (χ0n) is 30.7. The van der Waals surface area contributed by atoms with Gasteiger partial charge in [0.1, 0.15) is 18.1 Å². The molecule has 0 atom stereocenters. The molecule has 0 bridgehead atoms. The van der Waals surface area contributed by atoms with Crippen LogP contribution in [0.4, 0.5) is 0 Å². The zero-order valence-corrected chi connectivity index (χ0v) is 32.2. The lowest BCUT2D eigenvalue weighted by atomic mass is 9.99. The van der Waals surface area contributed by atoms with E-state index >= 15 is 0 Å². The van der Waals surface area contributed by atoms with Crippen LogP contribution in [-0.2, 0) is 24.4 Å². The molecule has 0 spiro atoms. The molecule has 2 heterocycles. The number of rotatable bonds is 13. The van der Waals surface area contributed by atoms with Crippen molar-refractivity contribution in [1.29, 1.82) is 0 Å². The zero-order chi connectivity index (χ0) is 37.3. The minimum Gasteiger partial charge on any atom is -0.493 e. The number of amides is 1. The van der Waals surface area contributed by atoms with Gasteiger partial charge in [-0.2, -0.15) is 0 Å². The fourth-order valence-corrected chi connectivity index (χ4v) is 6.68. The van der Waals surface area contributed by atoms with Gasteiger partial charge < -0.3 is 19.1 Å². The highest BCUT2D eigenvalue weighted by atomic mass is 35.5. The number of hydrogen-bond acceptors (Lipinski definition) is 6. The fourth-order valence-electron chi connectivity index (χ4n) is 6.18. The lowest BCUT2D eigenvalue weighted by Crippen LogP contribution is -2.48. The van der Waals surface area contributed by atoms with Crippen molar-refractivity contribution in [3.63, 3.8) is 0 Å². The van der Waals surface area contributed by atoms with Crippen LogP contribution < -0.4 is 14.2 Å². The predicted molar refractivity (Wildman–Crippen MR) is 213 cm³/mol. The Balaban J connectivity index is 0.982. The molecule has 1 fully saturated rings. The lowest BCUT2D eigenvalue weighted by molar-refractivity contribution is -0.128. The van der Waals surface area contributed by atoms with Crippen molar-refractivity contribution in [3.05, 3.63) is 152 Å². The minimum atomic E-state index is 0.0505. The molecule has 9 heteroatoms. The second-order valence-electron chi connectivity index (χ2n) is 13.5. The molecule has 0 saturated carbocycles. The van der Waals surface area contributed by atoms with Crippen molar-refractivity contribution in [2.75, 3.05) is 32.8 Å². The first-order valence-corrected chi connectivity index (χ1v) is 18.7. The van der Waals surface area contributed by atoms with E-state index in [0.29, 0.717) is 59.3 Å². The molecule has 1 saturated heterocycles. The molecule has 5 aromatic rings. The first-order chi connectivity index (χ1) is 25.6. The number of pyridine rings is 1. The predicted octanol–water partition coefficient (Wildman–Crippen LogP) is 10.1. The number of ether oxygens (including phenoxy) is 3. The lowest BCUT2D eigenvalue weighted by Gasteiger charge is -2.35. The maximum atomic E-state index is 13.6. The average Bonchev–Trinajstić information content (AvgIpc) is 3.17. The summed E-state index contributed by atoms with van der Waals surface area (Å²) >= 11 is 13.0. The Bertz CT molecular complexity index is 2020. The Morgan fingerprint density at radius 2 is 1.47 bits per heavy atom. The number of aromatic nitrogens is 1. The number of hydrogen-bond donors (Lipinski definition) is 0. The minimum absolute atomic E-state index is 0.0505. The summed E-state index contributed by atoms with van der Waals surface area (Å²) in [5.41, 5.74) is 7.96. The second kappa shape index (κ2) is 17.8. The van der Waals surface area contributed by atoms with E-state index in [4.69, 9.17) is 37.4 Å². The third-order valence-electron chi connectivity index (χ3n) is 9.58. The van der Waals surface area contributed by atoms with Crippen molar-refractivity contribution in [1.82, 2.24) is 14.8 Å². The summed E-state index contributed by atoms with van der Waals surface area (Å²) in [5.74, 6) is 2.46. The molecule has 0 radical (unpaired) electrons. The summed E-state index contributed by atoms with van der Waals surface area (Å²) < 4.78 is 17.8. The molecular weight excluding hydrogens is 705 g/mol. The summed E-state index contributed by atoms with van der Waals surface area (Å²) in [6, 6.07) is 31.9. The molecule has 1 aliphatic rings. The van der Waals surface area contributed by atoms with Gasteiger partial charge in [-0.1, -0.05) is 83.4 Å². The van der Waals surface area contributed by atoms with Crippen molar-refractivity contribution >= 4 is 34.7 Å². The van der Waals surface area contributed by atoms with Crippen LogP contribution in [0.2, 0.25) is 10.0 Å². The monoisotopic (exact) mass is 749 g/mol. The molecule has 0 aliphatic carbocycles. The quantitative estimate of drug-likeness (QED) is 0.112. The second-order valence-corrected chi connectivity index (χ2v) is 14.3. The summed E-state index contributed by atoms with van der Waals surface area (Å²) in [4.78, 5) is 22.4. The standard InChI is InChI=1S/C44H45Cl2N3O4/c1-30-9-15-38(16-10-30)51-24-19-34-11-13-35(14-12-34)28-48-20-22-49(23-21-48)44(50)33(4)32(3)37-25-31(2)43(41(46)26-37)53-42-18-17-39(27-47-42)52-29-36-7-5-6-8-40(36)45/h5-18,25-27H,19-24,28-29H2,1-4H3/b33-32+. The Kier molecular flexibility index (Phi) is 12.7. The van der Waals surface area contributed by atoms with Gasteiger partial charge in [0.15, 0.2) is 5.75 Å². The molecule has 1 aromatic heterocycles. The van der Waals surface area contributed by atoms with Crippen molar-refractivity contribution in [2.45, 2.75) is 47.3 Å².